The van der Waals surface area contributed by atoms with Gasteiger partial charge in [0.05, 0.1) is 16.2 Å². The molecule has 0 unspecified atom stereocenters. The molecular weight excluding hydrogens is 454 g/mol. The van der Waals surface area contributed by atoms with Crippen LogP contribution in [0.5, 0.6) is 0 Å². The van der Waals surface area contributed by atoms with Crippen molar-refractivity contribution in [1.82, 2.24) is 4.90 Å². The van der Waals surface area contributed by atoms with Gasteiger partial charge < -0.3 is 9.80 Å². The van der Waals surface area contributed by atoms with E-state index >= 15 is 0 Å². The summed E-state index contributed by atoms with van der Waals surface area (Å²) in [7, 11) is -3.55. The monoisotopic (exact) mass is 479 g/mol. The molecule has 1 heterocycles. The zero-order valence-electron chi connectivity index (χ0n) is 18.8. The van der Waals surface area contributed by atoms with Crippen molar-refractivity contribution in [3.63, 3.8) is 0 Å². The molecule has 1 aliphatic rings. The Balaban J connectivity index is 1.39. The van der Waals surface area contributed by atoms with Gasteiger partial charge in [-0.1, -0.05) is 54.6 Å². The van der Waals surface area contributed by atoms with Crippen LogP contribution in [-0.2, 0) is 21.1 Å². The molecule has 4 rings (SSSR count). The molecule has 0 aromatic heterocycles. The Hall–Kier alpha value is -3.72. The zero-order chi connectivity index (χ0) is 24.3. The first-order valence-electron chi connectivity index (χ1n) is 10.9. The van der Waals surface area contributed by atoms with Gasteiger partial charge in [0.1, 0.15) is 5.69 Å². The average molecular weight is 480 g/mol. The fourth-order valence-electron chi connectivity index (χ4n) is 4.08. The predicted molar refractivity (Wildman–Crippen MR) is 131 cm³/mol. The van der Waals surface area contributed by atoms with Gasteiger partial charge in [-0.05, 0) is 28.8 Å². The van der Waals surface area contributed by atoms with Crippen molar-refractivity contribution < 1.29 is 18.1 Å². The van der Waals surface area contributed by atoms with Crippen LogP contribution in [0, 0.1) is 10.1 Å². The van der Waals surface area contributed by atoms with Gasteiger partial charge in [0.25, 0.3) is 5.69 Å². The van der Waals surface area contributed by atoms with E-state index in [2.05, 4.69) is 0 Å². The Morgan fingerprint density at radius 1 is 0.912 bits per heavy atom. The lowest BCUT2D eigenvalue weighted by Crippen LogP contribution is -2.49. The third-order valence-corrected chi connectivity index (χ3v) is 7.07. The van der Waals surface area contributed by atoms with Crippen molar-refractivity contribution >= 4 is 27.1 Å². The number of nitrogens with zero attached hydrogens (tertiary/aromatic N) is 3. The van der Waals surface area contributed by atoms with Crippen LogP contribution >= 0.6 is 0 Å². The minimum atomic E-state index is -3.55. The summed E-state index contributed by atoms with van der Waals surface area (Å²) in [5.74, 6) is 0.00837. The molecule has 1 saturated heterocycles. The second kappa shape index (κ2) is 9.64. The van der Waals surface area contributed by atoms with Crippen molar-refractivity contribution in [3.8, 4) is 11.1 Å². The Kier molecular flexibility index (Phi) is 6.65. The minimum absolute atomic E-state index is 0.00837. The van der Waals surface area contributed by atoms with Crippen LogP contribution in [0.1, 0.15) is 5.56 Å². The zero-order valence-corrected chi connectivity index (χ0v) is 19.6. The molecular formula is C25H25N3O5S. The van der Waals surface area contributed by atoms with Gasteiger partial charge >= 0.3 is 0 Å². The molecule has 176 valence electrons. The highest BCUT2D eigenvalue weighted by molar-refractivity contribution is 7.90. The lowest BCUT2D eigenvalue weighted by atomic mass is 10.0. The molecule has 1 amide bonds. The molecule has 1 aliphatic heterocycles. The van der Waals surface area contributed by atoms with Gasteiger partial charge in [-0.25, -0.2) is 8.42 Å². The maximum absolute atomic E-state index is 12.8. The number of carbonyl (C=O) groups is 1. The minimum Gasteiger partial charge on any atom is -0.362 e. The highest BCUT2D eigenvalue weighted by Gasteiger charge is 2.27. The summed E-state index contributed by atoms with van der Waals surface area (Å²) in [5, 5.41) is 11.6. The number of hydrogen-bond acceptors (Lipinski definition) is 6. The van der Waals surface area contributed by atoms with Gasteiger partial charge in [0.2, 0.25) is 5.91 Å². The Morgan fingerprint density at radius 3 is 2.12 bits per heavy atom. The number of sulfone groups is 1. The van der Waals surface area contributed by atoms with Crippen molar-refractivity contribution in [2.75, 3.05) is 37.3 Å². The smallest absolute Gasteiger partial charge is 0.293 e. The Morgan fingerprint density at radius 2 is 1.53 bits per heavy atom. The number of hydrogen-bond donors (Lipinski definition) is 0. The van der Waals surface area contributed by atoms with Crippen LogP contribution in [0.15, 0.2) is 77.7 Å². The van der Waals surface area contributed by atoms with Crippen LogP contribution in [0.3, 0.4) is 0 Å². The lowest BCUT2D eigenvalue weighted by molar-refractivity contribution is -0.384. The van der Waals surface area contributed by atoms with Crippen LogP contribution in [0.4, 0.5) is 11.4 Å². The predicted octanol–water partition coefficient (Wildman–Crippen LogP) is 3.56. The first-order valence-corrected chi connectivity index (χ1v) is 12.8. The number of benzene rings is 3. The summed E-state index contributed by atoms with van der Waals surface area (Å²) >= 11 is 0. The number of carbonyl (C=O) groups excluding carboxylic acids is 1. The molecule has 3 aromatic carbocycles. The summed E-state index contributed by atoms with van der Waals surface area (Å²) in [6.07, 6.45) is 1.31. The van der Waals surface area contributed by atoms with E-state index in [1.54, 1.807) is 4.90 Å². The molecule has 0 radical (unpaired) electrons. The molecule has 1 fully saturated rings. The Labute approximate surface area is 198 Å². The number of nitro groups is 1. The number of amides is 1. The van der Waals surface area contributed by atoms with Crippen molar-refractivity contribution in [2.45, 2.75) is 11.3 Å². The molecule has 0 saturated carbocycles. The highest BCUT2D eigenvalue weighted by Crippen LogP contribution is 2.31. The molecule has 0 bridgehead atoms. The van der Waals surface area contributed by atoms with E-state index < -0.39 is 14.8 Å². The third kappa shape index (κ3) is 5.26. The van der Waals surface area contributed by atoms with Gasteiger partial charge in [-0.2, -0.15) is 0 Å². The molecule has 0 aliphatic carbocycles. The summed E-state index contributed by atoms with van der Waals surface area (Å²) in [5.41, 5.74) is 3.25. The van der Waals surface area contributed by atoms with E-state index in [0.717, 1.165) is 29.0 Å². The second-order valence-corrected chi connectivity index (χ2v) is 10.3. The van der Waals surface area contributed by atoms with E-state index in [9.17, 15) is 23.3 Å². The molecule has 0 spiro atoms. The topological polar surface area (TPSA) is 101 Å². The summed E-state index contributed by atoms with van der Waals surface area (Å²) < 4.78 is 23.5. The van der Waals surface area contributed by atoms with Crippen LogP contribution in [-0.4, -0.2) is 56.6 Å². The maximum Gasteiger partial charge on any atom is 0.293 e. The van der Waals surface area contributed by atoms with Gasteiger partial charge in [0, 0.05) is 38.5 Å². The number of anilines is 1. The van der Waals surface area contributed by atoms with E-state index in [1.165, 1.54) is 12.1 Å². The third-order valence-electron chi connectivity index (χ3n) is 5.96. The average Bonchev–Trinajstić information content (AvgIpc) is 2.84. The van der Waals surface area contributed by atoms with Gasteiger partial charge in [0.15, 0.2) is 9.84 Å². The number of piperazine rings is 1. The van der Waals surface area contributed by atoms with Gasteiger partial charge in [-0.3, -0.25) is 14.9 Å². The van der Waals surface area contributed by atoms with Crippen molar-refractivity contribution in [1.29, 1.82) is 0 Å². The fourth-order valence-corrected chi connectivity index (χ4v) is 4.72. The first-order chi connectivity index (χ1) is 16.2. The lowest BCUT2D eigenvalue weighted by Gasteiger charge is -2.36. The normalized spacial score (nSPS) is 14.1. The first kappa shape index (κ1) is 23.4. The summed E-state index contributed by atoms with van der Waals surface area (Å²) in [4.78, 5) is 27.3. The van der Waals surface area contributed by atoms with Crippen LogP contribution in [0.25, 0.3) is 11.1 Å². The SMILES string of the molecule is CS(=O)(=O)c1ccc(N2CCN(C(=O)Cc3ccc(-c4ccccc4)cc3)CC2)c([N+](=O)[O-])c1. The summed E-state index contributed by atoms with van der Waals surface area (Å²) in [6, 6.07) is 21.9. The largest absolute Gasteiger partial charge is 0.362 e. The molecule has 3 aromatic rings. The second-order valence-electron chi connectivity index (χ2n) is 8.29. The van der Waals surface area contributed by atoms with Gasteiger partial charge in [-0.15, -0.1) is 0 Å². The van der Waals surface area contributed by atoms with E-state index in [-0.39, 0.29) is 22.9 Å². The summed E-state index contributed by atoms with van der Waals surface area (Å²) in [6.45, 7) is 1.73. The molecule has 0 atom stereocenters. The van der Waals surface area contributed by atoms with Crippen LogP contribution in [0.2, 0.25) is 0 Å². The molecule has 0 N–H and O–H groups in total. The number of rotatable bonds is 6. The maximum atomic E-state index is 12.8. The molecule has 8 nitrogen and oxygen atoms in total. The highest BCUT2D eigenvalue weighted by atomic mass is 32.2. The van der Waals surface area contributed by atoms with E-state index in [1.807, 2.05) is 59.5 Å². The molecule has 9 heteroatoms. The van der Waals surface area contributed by atoms with Crippen LogP contribution < -0.4 is 4.90 Å². The quantitative estimate of drug-likeness (QED) is 0.396. The standard InChI is InChI=1S/C25H25N3O5S/c1-34(32,33)22-11-12-23(24(18-22)28(30)31)26-13-15-27(16-14-26)25(29)17-19-7-9-21(10-8-19)20-5-3-2-4-6-20/h2-12,18H,13-17H2,1H3. The van der Waals surface area contributed by atoms with E-state index in [4.69, 9.17) is 0 Å². The Bertz CT molecular complexity index is 1300. The van der Waals surface area contributed by atoms with Crippen molar-refractivity contribution in [2.24, 2.45) is 0 Å². The number of nitro benzene ring substituents is 1. The van der Waals surface area contributed by atoms with Crippen molar-refractivity contribution in [3.05, 3.63) is 88.5 Å². The van der Waals surface area contributed by atoms with E-state index in [0.29, 0.717) is 31.9 Å². The fraction of sp³-hybridized carbons (Fsp3) is 0.240. The molecule has 34 heavy (non-hydrogen) atoms.